The Bertz CT molecular complexity index is 764. The lowest BCUT2D eigenvalue weighted by molar-refractivity contribution is -0.0331. The smallest absolute Gasteiger partial charge is 0.192 e. The van der Waals surface area contributed by atoms with Crippen molar-refractivity contribution in [1.82, 2.24) is 19.5 Å². The molecule has 9 heteroatoms. The standard InChI is InChI=1S/C16H24FIN4O2Si/c1-16(2,3)25(4,5)23-7-10-6-11(17)15(24-10)22-9-21-12-13(18)19-8-20-14(12)22/h8-11,15H,6-7H2,1-5H3/t10-,11-,15+/m0/s1. The topological polar surface area (TPSA) is 62.1 Å². The second kappa shape index (κ2) is 6.82. The first kappa shape index (κ1) is 19.1. The van der Waals surface area contributed by atoms with Crippen LogP contribution >= 0.6 is 22.6 Å². The van der Waals surface area contributed by atoms with Crippen LogP contribution in [0.5, 0.6) is 0 Å². The molecule has 0 aromatic carbocycles. The minimum absolute atomic E-state index is 0.119. The van der Waals surface area contributed by atoms with Crippen molar-refractivity contribution in [2.45, 2.75) is 63.8 Å². The van der Waals surface area contributed by atoms with E-state index in [2.05, 4.69) is 71.4 Å². The lowest BCUT2D eigenvalue weighted by Gasteiger charge is -2.36. The van der Waals surface area contributed by atoms with Crippen LogP contribution in [0.3, 0.4) is 0 Å². The summed E-state index contributed by atoms with van der Waals surface area (Å²) in [5.41, 5.74) is 1.26. The molecule has 1 saturated heterocycles. The lowest BCUT2D eigenvalue weighted by Crippen LogP contribution is -2.42. The van der Waals surface area contributed by atoms with Crippen molar-refractivity contribution in [3.05, 3.63) is 16.4 Å². The molecule has 0 unspecified atom stereocenters. The summed E-state index contributed by atoms with van der Waals surface area (Å²) in [4.78, 5) is 12.6. The molecule has 138 valence electrons. The van der Waals surface area contributed by atoms with E-state index in [1.54, 1.807) is 10.9 Å². The fourth-order valence-corrected chi connectivity index (χ4v) is 4.12. The number of ether oxygens (including phenoxy) is 1. The van der Waals surface area contributed by atoms with E-state index in [0.29, 0.717) is 24.2 Å². The molecule has 3 rings (SSSR count). The molecule has 1 fully saturated rings. The van der Waals surface area contributed by atoms with Crippen LogP contribution in [0.1, 0.15) is 33.4 Å². The summed E-state index contributed by atoms with van der Waals surface area (Å²) in [6, 6.07) is 0. The molecule has 1 aliphatic heterocycles. The van der Waals surface area contributed by atoms with E-state index in [9.17, 15) is 4.39 Å². The van der Waals surface area contributed by atoms with E-state index in [1.807, 2.05) is 0 Å². The molecule has 6 nitrogen and oxygen atoms in total. The third-order valence-corrected chi connectivity index (χ3v) is 10.4. The Morgan fingerprint density at radius 2 is 2.08 bits per heavy atom. The fourth-order valence-electron chi connectivity index (χ4n) is 2.58. The number of imidazole rings is 1. The van der Waals surface area contributed by atoms with E-state index < -0.39 is 20.7 Å². The Morgan fingerprint density at radius 3 is 2.76 bits per heavy atom. The molecular formula is C16H24FIN4O2Si. The normalized spacial score (nSPS) is 25.0. The number of hydrogen-bond donors (Lipinski definition) is 0. The predicted octanol–water partition coefficient (Wildman–Crippen LogP) is 4.08. The Balaban J connectivity index is 1.72. The summed E-state index contributed by atoms with van der Waals surface area (Å²) in [6.45, 7) is 11.4. The van der Waals surface area contributed by atoms with Crippen LogP contribution in [0, 0.1) is 3.70 Å². The Kier molecular flexibility index (Phi) is 5.22. The maximum absolute atomic E-state index is 14.6. The minimum atomic E-state index is -1.88. The van der Waals surface area contributed by atoms with Crippen molar-refractivity contribution in [3.63, 3.8) is 0 Å². The maximum atomic E-state index is 14.6. The third-order valence-electron chi connectivity index (χ3n) is 5.15. The molecular weight excluding hydrogens is 454 g/mol. The zero-order valence-electron chi connectivity index (χ0n) is 15.2. The van der Waals surface area contributed by atoms with E-state index in [-0.39, 0.29) is 11.1 Å². The summed E-state index contributed by atoms with van der Waals surface area (Å²) in [6.07, 6.45) is 1.27. The van der Waals surface area contributed by atoms with E-state index >= 15 is 0 Å². The van der Waals surface area contributed by atoms with Crippen molar-refractivity contribution in [3.8, 4) is 0 Å². The van der Waals surface area contributed by atoms with Gasteiger partial charge in [0, 0.05) is 6.42 Å². The highest BCUT2D eigenvalue weighted by Crippen LogP contribution is 2.38. The fraction of sp³-hybridized carbons (Fsp3) is 0.688. The van der Waals surface area contributed by atoms with Gasteiger partial charge in [-0.15, -0.1) is 0 Å². The average molecular weight is 478 g/mol. The van der Waals surface area contributed by atoms with Gasteiger partial charge in [0.1, 0.15) is 21.7 Å². The molecule has 2 aromatic rings. The second-order valence-electron chi connectivity index (χ2n) is 7.96. The third kappa shape index (κ3) is 3.74. The van der Waals surface area contributed by atoms with Gasteiger partial charge in [0.15, 0.2) is 20.2 Å². The van der Waals surface area contributed by atoms with Crippen molar-refractivity contribution in [1.29, 1.82) is 0 Å². The molecule has 3 heterocycles. The number of aromatic nitrogens is 4. The van der Waals surface area contributed by atoms with Crippen LogP contribution in [0.15, 0.2) is 12.7 Å². The van der Waals surface area contributed by atoms with E-state index in [4.69, 9.17) is 9.16 Å². The quantitative estimate of drug-likeness (QED) is 0.377. The summed E-state index contributed by atoms with van der Waals surface area (Å²) < 4.78 is 29.2. The van der Waals surface area contributed by atoms with Gasteiger partial charge in [-0.1, -0.05) is 20.8 Å². The van der Waals surface area contributed by atoms with Gasteiger partial charge in [-0.3, -0.25) is 4.57 Å². The van der Waals surface area contributed by atoms with Crippen molar-refractivity contribution in [2.75, 3.05) is 6.61 Å². The van der Waals surface area contributed by atoms with Crippen LogP contribution in [0.2, 0.25) is 18.1 Å². The highest BCUT2D eigenvalue weighted by atomic mass is 127. The molecule has 25 heavy (non-hydrogen) atoms. The molecule has 0 N–H and O–H groups in total. The summed E-state index contributed by atoms with van der Waals surface area (Å²) in [7, 11) is -1.88. The molecule has 0 aliphatic carbocycles. The molecule has 0 bridgehead atoms. The van der Waals surface area contributed by atoms with E-state index in [0.717, 1.165) is 3.70 Å². The predicted molar refractivity (Wildman–Crippen MR) is 105 cm³/mol. The number of halogens is 2. The van der Waals surface area contributed by atoms with Gasteiger partial charge >= 0.3 is 0 Å². The molecule has 0 saturated carbocycles. The first-order valence-electron chi connectivity index (χ1n) is 8.36. The second-order valence-corrected chi connectivity index (χ2v) is 13.8. The maximum Gasteiger partial charge on any atom is 0.192 e. The summed E-state index contributed by atoms with van der Waals surface area (Å²) in [5, 5.41) is 0.119. The largest absolute Gasteiger partial charge is 0.414 e. The Morgan fingerprint density at radius 1 is 1.36 bits per heavy atom. The van der Waals surface area contributed by atoms with Gasteiger partial charge in [0.25, 0.3) is 0 Å². The van der Waals surface area contributed by atoms with Crippen LogP contribution in [0.4, 0.5) is 4.39 Å². The molecule has 3 atom stereocenters. The lowest BCUT2D eigenvalue weighted by atomic mass is 10.2. The van der Waals surface area contributed by atoms with Crippen molar-refractivity contribution in [2.24, 2.45) is 0 Å². The average Bonchev–Trinajstić information content (AvgIpc) is 3.08. The van der Waals surface area contributed by atoms with Gasteiger partial charge in [0.05, 0.1) is 19.0 Å². The van der Waals surface area contributed by atoms with Crippen LogP contribution in [-0.4, -0.2) is 46.7 Å². The number of rotatable bonds is 4. The number of fused-ring (bicyclic) bond motifs is 1. The van der Waals surface area contributed by atoms with Gasteiger partial charge in [0.2, 0.25) is 0 Å². The van der Waals surface area contributed by atoms with Crippen LogP contribution < -0.4 is 0 Å². The number of nitrogens with zero attached hydrogens (tertiary/aromatic N) is 4. The Hall–Kier alpha value is -0.653. The van der Waals surface area contributed by atoms with Gasteiger partial charge in [-0.25, -0.2) is 19.3 Å². The number of alkyl halides is 1. The van der Waals surface area contributed by atoms with Gasteiger partial charge in [-0.2, -0.15) is 0 Å². The minimum Gasteiger partial charge on any atom is -0.414 e. The number of hydrogen-bond acceptors (Lipinski definition) is 5. The highest BCUT2D eigenvalue weighted by Gasteiger charge is 2.41. The summed E-state index contributed by atoms with van der Waals surface area (Å²) in [5.74, 6) is 0. The Labute approximate surface area is 161 Å². The van der Waals surface area contributed by atoms with Gasteiger partial charge in [-0.05, 0) is 40.7 Å². The monoisotopic (exact) mass is 478 g/mol. The molecule has 0 amide bonds. The zero-order chi connectivity index (χ0) is 18.4. The zero-order valence-corrected chi connectivity index (χ0v) is 18.3. The van der Waals surface area contributed by atoms with Gasteiger partial charge < -0.3 is 9.16 Å². The first-order chi connectivity index (χ1) is 11.6. The molecule has 0 radical (unpaired) electrons. The molecule has 0 spiro atoms. The SMILES string of the molecule is CC(C)(C)[Si](C)(C)OC[C@@H]1C[C@H](F)[C@H](n2cnc3c(I)ncnc32)O1. The van der Waals surface area contributed by atoms with Crippen molar-refractivity contribution < 1.29 is 13.6 Å². The molecule has 2 aromatic heterocycles. The highest BCUT2D eigenvalue weighted by molar-refractivity contribution is 14.1. The van der Waals surface area contributed by atoms with Crippen LogP contribution in [-0.2, 0) is 9.16 Å². The molecule has 1 aliphatic rings. The van der Waals surface area contributed by atoms with E-state index in [1.165, 1.54) is 6.33 Å². The summed E-state index contributed by atoms with van der Waals surface area (Å²) >= 11 is 2.10. The van der Waals surface area contributed by atoms with Crippen molar-refractivity contribution >= 4 is 42.1 Å². The first-order valence-corrected chi connectivity index (χ1v) is 12.4. The van der Waals surface area contributed by atoms with Crippen LogP contribution in [0.25, 0.3) is 11.2 Å².